The van der Waals surface area contributed by atoms with E-state index < -0.39 is 0 Å². The van der Waals surface area contributed by atoms with Gasteiger partial charge < -0.3 is 0 Å². The summed E-state index contributed by atoms with van der Waals surface area (Å²) in [7, 11) is 0. The Balaban J connectivity index is 0. The van der Waals surface area contributed by atoms with Crippen LogP contribution in [0.5, 0.6) is 0 Å². The van der Waals surface area contributed by atoms with Crippen molar-refractivity contribution in [1.82, 2.24) is 0 Å². The molecule has 0 fully saturated rings. The fourth-order valence-corrected chi connectivity index (χ4v) is 2.62. The summed E-state index contributed by atoms with van der Waals surface area (Å²) in [5.74, 6) is 0. The first-order valence-corrected chi connectivity index (χ1v) is 10.4. The number of rotatable bonds is 15. The zero-order valence-corrected chi connectivity index (χ0v) is 17.4. The Morgan fingerprint density at radius 1 is 0.400 bits per heavy atom. The molecule has 0 atom stereocenters. The molecule has 0 aromatic rings. The third-order valence-electron chi connectivity index (χ3n) is 3.96. The first kappa shape index (κ1) is 22.7. The molecule has 0 saturated carbocycles. The second-order valence-corrected chi connectivity index (χ2v) is 5.95. The van der Waals surface area contributed by atoms with Gasteiger partial charge in [-0.15, -0.1) is 0 Å². The Kier molecular flexibility index (Phi) is 27.7. The van der Waals surface area contributed by atoms with Gasteiger partial charge in [0.25, 0.3) is 0 Å². The minimum absolute atomic E-state index is 0.125. The van der Waals surface area contributed by atoms with Gasteiger partial charge in [0.15, 0.2) is 0 Å². The van der Waals surface area contributed by atoms with Crippen LogP contribution in [0.15, 0.2) is 0 Å². The number of unbranched alkanes of at least 4 members (excludes halogenated alkanes) is 15. The predicted octanol–water partition coefficient (Wildman–Crippen LogP) is 7.15. The van der Waals surface area contributed by atoms with Gasteiger partial charge >= 0.3 is 21.8 Å². The summed E-state index contributed by atoms with van der Waals surface area (Å²) in [5, 5.41) is 0. The van der Waals surface area contributed by atoms with Crippen molar-refractivity contribution >= 4 is 0 Å². The molecule has 0 aliphatic rings. The zero-order chi connectivity index (χ0) is 15.3. The molecule has 0 heterocycles. The van der Waals surface area contributed by atoms with E-state index in [1.165, 1.54) is 103 Å². The molecule has 118 valence electrons. The Hall–Kier alpha value is 0.423. The zero-order valence-electron chi connectivity index (χ0n) is 14.4. The van der Waals surface area contributed by atoms with E-state index in [2.05, 4.69) is 13.8 Å². The van der Waals surface area contributed by atoms with E-state index in [0.29, 0.717) is 0 Å². The summed E-state index contributed by atoms with van der Waals surface area (Å²) in [4.78, 5) is 0. The van der Waals surface area contributed by atoms with E-state index in [4.69, 9.17) is 3.57 Å². The van der Waals surface area contributed by atoms with Crippen LogP contribution in [0.2, 0.25) is 0 Å². The molecule has 2 heteroatoms. The van der Waals surface area contributed by atoms with Crippen LogP contribution in [-0.2, 0) is 21.8 Å². The molecule has 0 saturated heterocycles. The molecule has 0 aromatic heterocycles. The third kappa shape index (κ3) is 23.5. The summed E-state index contributed by atoms with van der Waals surface area (Å²) in [6, 6.07) is 0. The Bertz CT molecular complexity index is 134. The van der Waals surface area contributed by atoms with Crippen LogP contribution in [0.3, 0.4) is 0 Å². The molecule has 0 amide bonds. The molecule has 0 spiro atoms. The SMILES string of the molecule is CCCCCCCCCCCCCCCCCC.[O]=[Zn]. The van der Waals surface area contributed by atoms with Crippen LogP contribution in [-0.4, -0.2) is 0 Å². The van der Waals surface area contributed by atoms with E-state index in [1.54, 1.807) is 0 Å². The summed E-state index contributed by atoms with van der Waals surface area (Å²) in [5.41, 5.74) is 0. The maximum atomic E-state index is 8.38. The molecule has 0 rings (SSSR count). The Morgan fingerprint density at radius 3 is 0.700 bits per heavy atom. The summed E-state index contributed by atoms with van der Waals surface area (Å²) in [6.07, 6.45) is 23.4. The molecule has 0 N–H and O–H groups in total. The van der Waals surface area contributed by atoms with Gasteiger partial charge in [-0.05, 0) is 0 Å². The first-order valence-electron chi connectivity index (χ1n) is 9.20. The van der Waals surface area contributed by atoms with E-state index in [1.807, 2.05) is 0 Å². The Morgan fingerprint density at radius 2 is 0.550 bits per heavy atom. The quantitative estimate of drug-likeness (QED) is 0.229. The van der Waals surface area contributed by atoms with Crippen molar-refractivity contribution < 1.29 is 21.8 Å². The van der Waals surface area contributed by atoms with Gasteiger partial charge in [0.2, 0.25) is 0 Å². The van der Waals surface area contributed by atoms with Crippen LogP contribution < -0.4 is 0 Å². The average Bonchev–Trinajstić information content (AvgIpc) is 2.50. The molecule has 0 aromatic carbocycles. The Labute approximate surface area is 138 Å². The van der Waals surface area contributed by atoms with Crippen molar-refractivity contribution in [2.24, 2.45) is 0 Å². The first-order chi connectivity index (χ1) is 9.91. The van der Waals surface area contributed by atoms with Gasteiger partial charge in [-0.3, -0.25) is 0 Å². The van der Waals surface area contributed by atoms with Gasteiger partial charge in [-0.2, -0.15) is 0 Å². The van der Waals surface area contributed by atoms with Crippen molar-refractivity contribution in [2.75, 3.05) is 0 Å². The second kappa shape index (κ2) is 24.4. The fourth-order valence-electron chi connectivity index (χ4n) is 2.62. The standard InChI is InChI=1S/C18H38.O.Zn/c1-3-5-7-9-11-13-15-17-18-16-14-12-10-8-6-4-2;;/h3-18H2,1-2H3;;. The normalized spacial score (nSPS) is 10.2. The molecule has 0 unspecified atom stereocenters. The van der Waals surface area contributed by atoms with E-state index in [-0.39, 0.29) is 18.3 Å². The summed E-state index contributed by atoms with van der Waals surface area (Å²) >= 11 is 0.125. The molecule has 0 aliphatic heterocycles. The molecule has 0 aliphatic carbocycles. The third-order valence-corrected chi connectivity index (χ3v) is 3.96. The maximum absolute atomic E-state index is 8.38. The van der Waals surface area contributed by atoms with Crippen molar-refractivity contribution in [3.8, 4) is 0 Å². The monoisotopic (exact) mass is 334 g/mol. The summed E-state index contributed by atoms with van der Waals surface area (Å²) < 4.78 is 8.38. The summed E-state index contributed by atoms with van der Waals surface area (Å²) in [6.45, 7) is 4.59. The van der Waals surface area contributed by atoms with Crippen LogP contribution >= 0.6 is 0 Å². The van der Waals surface area contributed by atoms with Crippen LogP contribution in [0.1, 0.15) is 117 Å². The fraction of sp³-hybridized carbons (Fsp3) is 1.00. The van der Waals surface area contributed by atoms with Crippen LogP contribution in [0.25, 0.3) is 0 Å². The van der Waals surface area contributed by atoms with Crippen molar-refractivity contribution in [1.29, 1.82) is 0 Å². The van der Waals surface area contributed by atoms with Crippen molar-refractivity contribution in [3.05, 3.63) is 0 Å². The molecule has 0 bridgehead atoms. The second-order valence-electron chi connectivity index (χ2n) is 5.95. The molecular formula is C18H38OZn. The van der Waals surface area contributed by atoms with Crippen LogP contribution in [0, 0.1) is 0 Å². The number of hydrogen-bond donors (Lipinski definition) is 0. The molecule has 1 nitrogen and oxygen atoms in total. The van der Waals surface area contributed by atoms with Gasteiger partial charge in [-0.1, -0.05) is 117 Å². The minimum atomic E-state index is 0.125. The van der Waals surface area contributed by atoms with E-state index >= 15 is 0 Å². The number of hydrogen-bond acceptors (Lipinski definition) is 1. The van der Waals surface area contributed by atoms with Crippen molar-refractivity contribution in [3.63, 3.8) is 0 Å². The van der Waals surface area contributed by atoms with Gasteiger partial charge in [0.1, 0.15) is 0 Å². The molecule has 20 heavy (non-hydrogen) atoms. The molecule has 0 radical (unpaired) electrons. The van der Waals surface area contributed by atoms with E-state index in [0.717, 1.165) is 0 Å². The topological polar surface area (TPSA) is 17.1 Å². The van der Waals surface area contributed by atoms with Crippen molar-refractivity contribution in [2.45, 2.75) is 117 Å². The average molecular weight is 336 g/mol. The van der Waals surface area contributed by atoms with Gasteiger partial charge in [-0.25, -0.2) is 0 Å². The van der Waals surface area contributed by atoms with Gasteiger partial charge in [0, 0.05) is 0 Å². The predicted molar refractivity (Wildman–Crippen MR) is 85.9 cm³/mol. The van der Waals surface area contributed by atoms with Gasteiger partial charge in [0.05, 0.1) is 0 Å². The van der Waals surface area contributed by atoms with Crippen LogP contribution in [0.4, 0.5) is 0 Å². The van der Waals surface area contributed by atoms with E-state index in [9.17, 15) is 0 Å². The molecular weight excluding hydrogens is 298 g/mol.